The summed E-state index contributed by atoms with van der Waals surface area (Å²) in [5, 5.41) is 5.41. The van der Waals surface area contributed by atoms with Crippen molar-refractivity contribution in [3.05, 3.63) is 16.6 Å². The summed E-state index contributed by atoms with van der Waals surface area (Å²) in [6, 6.07) is 0. The highest BCUT2D eigenvalue weighted by Gasteiger charge is 2.14. The standard InChI is InChI=1S/C11H18N2OS/c1-2-4-11(3-1)14-6-5-12-7-10-8-15-9-13-10/h8-9,11-12H,1-7H2. The number of hydrogen-bond donors (Lipinski definition) is 1. The maximum atomic E-state index is 5.74. The first-order valence-electron chi connectivity index (χ1n) is 5.64. The van der Waals surface area contributed by atoms with E-state index in [0.29, 0.717) is 6.10 Å². The number of ether oxygens (including phenoxy) is 1. The molecule has 1 aromatic rings. The second-order valence-electron chi connectivity index (χ2n) is 3.93. The molecular formula is C11H18N2OS. The van der Waals surface area contributed by atoms with Gasteiger partial charge in [-0.3, -0.25) is 0 Å². The molecule has 1 saturated carbocycles. The molecule has 0 aliphatic heterocycles. The molecule has 0 amide bonds. The molecule has 1 N–H and O–H groups in total. The smallest absolute Gasteiger partial charge is 0.0795 e. The molecule has 1 aliphatic carbocycles. The maximum Gasteiger partial charge on any atom is 0.0795 e. The van der Waals surface area contributed by atoms with Crippen LogP contribution in [0.25, 0.3) is 0 Å². The zero-order valence-corrected chi connectivity index (χ0v) is 9.76. The Morgan fingerprint density at radius 2 is 2.33 bits per heavy atom. The van der Waals surface area contributed by atoms with E-state index in [1.54, 1.807) is 11.3 Å². The summed E-state index contributed by atoms with van der Waals surface area (Å²) in [6.45, 7) is 2.61. The largest absolute Gasteiger partial charge is 0.377 e. The molecule has 3 nitrogen and oxygen atoms in total. The van der Waals surface area contributed by atoms with Crippen LogP contribution in [0.3, 0.4) is 0 Å². The van der Waals surface area contributed by atoms with Crippen LogP contribution in [0.4, 0.5) is 0 Å². The first-order valence-corrected chi connectivity index (χ1v) is 6.59. The molecule has 0 saturated heterocycles. The molecule has 0 bridgehead atoms. The average molecular weight is 226 g/mol. The Morgan fingerprint density at radius 1 is 1.47 bits per heavy atom. The molecule has 1 fully saturated rings. The number of nitrogens with one attached hydrogen (secondary N) is 1. The van der Waals surface area contributed by atoms with Gasteiger partial charge in [-0.15, -0.1) is 11.3 Å². The van der Waals surface area contributed by atoms with E-state index < -0.39 is 0 Å². The third-order valence-electron chi connectivity index (χ3n) is 2.72. The highest BCUT2D eigenvalue weighted by molar-refractivity contribution is 7.07. The molecule has 1 aromatic heterocycles. The van der Waals surface area contributed by atoms with E-state index in [1.165, 1.54) is 25.7 Å². The quantitative estimate of drug-likeness (QED) is 0.755. The number of aromatic nitrogens is 1. The lowest BCUT2D eigenvalue weighted by Crippen LogP contribution is -2.21. The van der Waals surface area contributed by atoms with Crippen molar-refractivity contribution in [3.8, 4) is 0 Å². The van der Waals surface area contributed by atoms with Crippen LogP contribution >= 0.6 is 11.3 Å². The summed E-state index contributed by atoms with van der Waals surface area (Å²) >= 11 is 1.64. The van der Waals surface area contributed by atoms with E-state index in [0.717, 1.165) is 25.4 Å². The zero-order chi connectivity index (χ0) is 10.3. The Hall–Kier alpha value is -0.450. The fraction of sp³-hybridized carbons (Fsp3) is 0.727. The average Bonchev–Trinajstić information content (AvgIpc) is 2.88. The first-order chi connectivity index (χ1) is 7.45. The van der Waals surface area contributed by atoms with E-state index in [4.69, 9.17) is 4.74 Å². The lowest BCUT2D eigenvalue weighted by molar-refractivity contribution is 0.0602. The second-order valence-corrected chi connectivity index (χ2v) is 4.65. The normalized spacial score (nSPS) is 17.3. The van der Waals surface area contributed by atoms with Crippen LogP contribution in [-0.4, -0.2) is 24.2 Å². The molecule has 1 aliphatic rings. The van der Waals surface area contributed by atoms with Crippen molar-refractivity contribution < 1.29 is 4.74 Å². The lowest BCUT2D eigenvalue weighted by Gasteiger charge is -2.10. The topological polar surface area (TPSA) is 34.2 Å². The summed E-state index contributed by atoms with van der Waals surface area (Å²) < 4.78 is 5.74. The zero-order valence-electron chi connectivity index (χ0n) is 8.95. The number of hydrogen-bond acceptors (Lipinski definition) is 4. The lowest BCUT2D eigenvalue weighted by atomic mass is 10.3. The van der Waals surface area contributed by atoms with E-state index in [9.17, 15) is 0 Å². The number of rotatable bonds is 6. The number of nitrogens with zero attached hydrogens (tertiary/aromatic N) is 1. The molecule has 4 heteroatoms. The molecule has 0 spiro atoms. The van der Waals surface area contributed by atoms with Gasteiger partial charge in [0.2, 0.25) is 0 Å². The minimum absolute atomic E-state index is 0.533. The maximum absolute atomic E-state index is 5.74. The van der Waals surface area contributed by atoms with E-state index in [1.807, 2.05) is 5.51 Å². The second kappa shape index (κ2) is 6.20. The Balaban J connectivity index is 1.48. The van der Waals surface area contributed by atoms with Gasteiger partial charge < -0.3 is 10.1 Å². The summed E-state index contributed by atoms with van der Waals surface area (Å²) in [5.41, 5.74) is 2.99. The molecular weight excluding hydrogens is 208 g/mol. The highest BCUT2D eigenvalue weighted by Crippen LogP contribution is 2.20. The molecule has 2 rings (SSSR count). The predicted molar refractivity (Wildman–Crippen MR) is 62.0 cm³/mol. The fourth-order valence-electron chi connectivity index (χ4n) is 1.89. The molecule has 0 unspecified atom stereocenters. The van der Waals surface area contributed by atoms with Crippen LogP contribution in [-0.2, 0) is 11.3 Å². The summed E-state index contributed by atoms with van der Waals surface area (Å²) in [7, 11) is 0. The Kier molecular flexibility index (Phi) is 4.57. The van der Waals surface area contributed by atoms with Gasteiger partial charge in [0.05, 0.1) is 23.9 Å². The minimum atomic E-state index is 0.533. The van der Waals surface area contributed by atoms with Crippen molar-refractivity contribution >= 4 is 11.3 Å². The third-order valence-corrected chi connectivity index (χ3v) is 3.36. The van der Waals surface area contributed by atoms with E-state index >= 15 is 0 Å². The van der Waals surface area contributed by atoms with Gasteiger partial charge in [0.15, 0.2) is 0 Å². The molecule has 15 heavy (non-hydrogen) atoms. The van der Waals surface area contributed by atoms with Crippen LogP contribution in [0, 0.1) is 0 Å². The molecule has 1 heterocycles. The Labute approximate surface area is 94.9 Å². The highest BCUT2D eigenvalue weighted by atomic mass is 32.1. The van der Waals surface area contributed by atoms with E-state index in [-0.39, 0.29) is 0 Å². The third kappa shape index (κ3) is 3.89. The SMILES string of the molecule is c1nc(CNCCOC2CCCC2)cs1. The van der Waals surface area contributed by atoms with E-state index in [2.05, 4.69) is 15.7 Å². The Morgan fingerprint density at radius 3 is 3.07 bits per heavy atom. The van der Waals surface area contributed by atoms with Gasteiger partial charge >= 0.3 is 0 Å². The predicted octanol–water partition coefficient (Wildman–Crippen LogP) is 2.19. The summed E-state index contributed by atoms with van der Waals surface area (Å²) in [6.07, 6.45) is 5.73. The van der Waals surface area contributed by atoms with Gasteiger partial charge in [0.1, 0.15) is 0 Å². The van der Waals surface area contributed by atoms with Crippen LogP contribution < -0.4 is 5.32 Å². The van der Waals surface area contributed by atoms with Gasteiger partial charge in [0.25, 0.3) is 0 Å². The fourth-order valence-corrected chi connectivity index (χ4v) is 2.45. The molecule has 0 atom stereocenters. The molecule has 84 valence electrons. The van der Waals surface area contributed by atoms with Crippen LogP contribution in [0.5, 0.6) is 0 Å². The monoisotopic (exact) mass is 226 g/mol. The van der Waals surface area contributed by atoms with Crippen LogP contribution in [0.1, 0.15) is 31.4 Å². The van der Waals surface area contributed by atoms with Crippen molar-refractivity contribution in [1.29, 1.82) is 0 Å². The Bertz CT molecular complexity index is 258. The van der Waals surface area contributed by atoms with Gasteiger partial charge in [-0.2, -0.15) is 0 Å². The van der Waals surface area contributed by atoms with Crippen LogP contribution in [0.2, 0.25) is 0 Å². The van der Waals surface area contributed by atoms with Crippen LogP contribution in [0.15, 0.2) is 10.9 Å². The molecule has 0 aromatic carbocycles. The van der Waals surface area contributed by atoms with Gasteiger partial charge in [0, 0.05) is 18.5 Å². The summed E-state index contributed by atoms with van der Waals surface area (Å²) in [5.74, 6) is 0. The van der Waals surface area contributed by atoms with Crippen molar-refractivity contribution in [2.45, 2.75) is 38.3 Å². The van der Waals surface area contributed by atoms with Crippen molar-refractivity contribution in [3.63, 3.8) is 0 Å². The van der Waals surface area contributed by atoms with Gasteiger partial charge in [-0.05, 0) is 12.8 Å². The van der Waals surface area contributed by atoms with Crippen molar-refractivity contribution in [2.24, 2.45) is 0 Å². The first kappa shape index (κ1) is 11.0. The van der Waals surface area contributed by atoms with Crippen molar-refractivity contribution in [2.75, 3.05) is 13.2 Å². The minimum Gasteiger partial charge on any atom is -0.377 e. The number of thiazole rings is 1. The van der Waals surface area contributed by atoms with Gasteiger partial charge in [-0.25, -0.2) is 4.98 Å². The van der Waals surface area contributed by atoms with Crippen molar-refractivity contribution in [1.82, 2.24) is 10.3 Å². The summed E-state index contributed by atoms with van der Waals surface area (Å²) in [4.78, 5) is 4.21. The van der Waals surface area contributed by atoms with Gasteiger partial charge in [-0.1, -0.05) is 12.8 Å². The molecule has 0 radical (unpaired) electrons.